The number of carbonyl (C=O) groups excluding carboxylic acids is 2. The van der Waals surface area contributed by atoms with Crippen LogP contribution in [-0.4, -0.2) is 52.9 Å². The second-order valence-corrected chi connectivity index (χ2v) is 6.76. The molecular formula is C21H26N4O2. The number of urea groups is 1. The van der Waals surface area contributed by atoms with Crippen LogP contribution >= 0.6 is 0 Å². The molecule has 1 aromatic carbocycles. The molecule has 1 aliphatic rings. The molecule has 6 heteroatoms. The van der Waals surface area contributed by atoms with Crippen LogP contribution in [0, 0.1) is 6.92 Å². The lowest BCUT2D eigenvalue weighted by molar-refractivity contribution is 0.0663. The van der Waals surface area contributed by atoms with Gasteiger partial charge in [0, 0.05) is 37.4 Å². The molecule has 3 amide bonds. The first-order chi connectivity index (χ1) is 13.1. The Morgan fingerprint density at radius 2 is 1.67 bits per heavy atom. The molecule has 1 aliphatic heterocycles. The fourth-order valence-electron chi connectivity index (χ4n) is 3.26. The highest BCUT2D eigenvalue weighted by Gasteiger charge is 2.26. The van der Waals surface area contributed by atoms with Gasteiger partial charge in [-0.2, -0.15) is 0 Å². The predicted molar refractivity (Wildman–Crippen MR) is 104 cm³/mol. The van der Waals surface area contributed by atoms with E-state index in [1.54, 1.807) is 9.80 Å². The number of hydrogen-bond donors (Lipinski definition) is 1. The summed E-state index contributed by atoms with van der Waals surface area (Å²) in [4.78, 5) is 33.3. The van der Waals surface area contributed by atoms with Crippen LogP contribution in [0.2, 0.25) is 0 Å². The summed E-state index contributed by atoms with van der Waals surface area (Å²) < 4.78 is 0. The van der Waals surface area contributed by atoms with Crippen molar-refractivity contribution in [2.45, 2.75) is 26.3 Å². The molecule has 6 nitrogen and oxygen atoms in total. The summed E-state index contributed by atoms with van der Waals surface area (Å²) in [7, 11) is 0. The number of aromatic nitrogens is 1. The van der Waals surface area contributed by atoms with Gasteiger partial charge < -0.3 is 15.1 Å². The Kier molecular flexibility index (Phi) is 6.06. The van der Waals surface area contributed by atoms with Gasteiger partial charge in [-0.25, -0.2) is 4.79 Å². The van der Waals surface area contributed by atoms with E-state index in [0.29, 0.717) is 31.7 Å². The Morgan fingerprint density at radius 3 is 2.30 bits per heavy atom. The molecule has 2 heterocycles. The summed E-state index contributed by atoms with van der Waals surface area (Å²) in [6.07, 6.45) is 0.772. The minimum atomic E-state index is -0.110. The molecule has 1 N–H and O–H groups in total. The second kappa shape index (κ2) is 8.66. The van der Waals surface area contributed by atoms with E-state index in [4.69, 9.17) is 0 Å². The van der Waals surface area contributed by atoms with E-state index >= 15 is 0 Å². The van der Waals surface area contributed by atoms with Crippen molar-refractivity contribution in [3.63, 3.8) is 0 Å². The summed E-state index contributed by atoms with van der Waals surface area (Å²) in [5.41, 5.74) is 2.50. The molecule has 1 saturated heterocycles. The number of carbonyl (C=O) groups is 2. The molecule has 0 saturated carbocycles. The number of rotatable bonds is 4. The predicted octanol–water partition coefficient (Wildman–Crippen LogP) is 3.01. The number of benzene rings is 1. The SMILES string of the molecule is CC[C@@H](NC(=O)N1CCN(C(=O)c2ccccc2)CC1)c1cccc(C)n1. The van der Waals surface area contributed by atoms with Crippen molar-refractivity contribution in [2.24, 2.45) is 0 Å². The van der Waals surface area contributed by atoms with Crippen LogP contribution in [0.5, 0.6) is 0 Å². The maximum absolute atomic E-state index is 12.7. The van der Waals surface area contributed by atoms with Gasteiger partial charge in [0.1, 0.15) is 0 Å². The van der Waals surface area contributed by atoms with Crippen LogP contribution in [-0.2, 0) is 0 Å². The molecule has 1 fully saturated rings. The number of hydrogen-bond acceptors (Lipinski definition) is 3. The Bertz CT molecular complexity index is 786. The van der Waals surface area contributed by atoms with Crippen LogP contribution in [0.4, 0.5) is 4.79 Å². The molecule has 2 aromatic rings. The van der Waals surface area contributed by atoms with E-state index in [2.05, 4.69) is 10.3 Å². The fraction of sp³-hybridized carbons (Fsp3) is 0.381. The van der Waals surface area contributed by atoms with E-state index in [0.717, 1.165) is 17.8 Å². The third-order valence-electron chi connectivity index (χ3n) is 4.85. The van der Waals surface area contributed by atoms with E-state index in [1.807, 2.05) is 62.4 Å². The Balaban J connectivity index is 1.56. The van der Waals surface area contributed by atoms with E-state index in [9.17, 15) is 9.59 Å². The lowest BCUT2D eigenvalue weighted by Crippen LogP contribution is -2.53. The highest BCUT2D eigenvalue weighted by molar-refractivity contribution is 5.94. The lowest BCUT2D eigenvalue weighted by Gasteiger charge is -2.35. The summed E-state index contributed by atoms with van der Waals surface area (Å²) in [6, 6.07) is 14.9. The van der Waals surface area contributed by atoms with Gasteiger partial charge in [0.15, 0.2) is 0 Å². The molecule has 0 unspecified atom stereocenters. The molecule has 0 aliphatic carbocycles. The van der Waals surface area contributed by atoms with Crippen molar-refractivity contribution in [2.75, 3.05) is 26.2 Å². The largest absolute Gasteiger partial charge is 0.335 e. The van der Waals surface area contributed by atoms with Crippen molar-refractivity contribution >= 4 is 11.9 Å². The first-order valence-corrected chi connectivity index (χ1v) is 9.41. The van der Waals surface area contributed by atoms with Crippen LogP contribution < -0.4 is 5.32 Å². The molecule has 0 bridgehead atoms. The van der Waals surface area contributed by atoms with Crippen LogP contribution in [0.15, 0.2) is 48.5 Å². The van der Waals surface area contributed by atoms with Crippen LogP contribution in [0.25, 0.3) is 0 Å². The van der Waals surface area contributed by atoms with Gasteiger partial charge >= 0.3 is 6.03 Å². The Labute approximate surface area is 160 Å². The standard InChI is InChI=1S/C21H26N4O2/c1-3-18(19-11-7-8-16(2)22-19)23-21(27)25-14-12-24(13-15-25)20(26)17-9-5-4-6-10-17/h4-11,18H,3,12-15H2,1-2H3,(H,23,27)/t18-/m1/s1. The van der Waals surface area contributed by atoms with E-state index < -0.39 is 0 Å². The van der Waals surface area contributed by atoms with Gasteiger partial charge in [-0.05, 0) is 37.6 Å². The van der Waals surface area contributed by atoms with Crippen LogP contribution in [0.3, 0.4) is 0 Å². The van der Waals surface area contributed by atoms with Crippen molar-refractivity contribution in [3.8, 4) is 0 Å². The van der Waals surface area contributed by atoms with Crippen LogP contribution in [0.1, 0.15) is 41.1 Å². The highest BCUT2D eigenvalue weighted by Crippen LogP contribution is 2.16. The maximum Gasteiger partial charge on any atom is 0.318 e. The minimum absolute atomic E-state index is 0.0195. The molecule has 0 spiro atoms. The maximum atomic E-state index is 12.7. The molecule has 1 atom stereocenters. The monoisotopic (exact) mass is 366 g/mol. The summed E-state index contributed by atoms with van der Waals surface area (Å²) in [6.45, 7) is 6.12. The number of amides is 3. The summed E-state index contributed by atoms with van der Waals surface area (Å²) in [5, 5.41) is 3.08. The normalized spacial score (nSPS) is 15.3. The zero-order valence-electron chi connectivity index (χ0n) is 15.9. The number of nitrogens with one attached hydrogen (secondary N) is 1. The van der Waals surface area contributed by atoms with Gasteiger partial charge in [0.2, 0.25) is 0 Å². The van der Waals surface area contributed by atoms with E-state index in [1.165, 1.54) is 0 Å². The number of piperazine rings is 1. The first kappa shape index (κ1) is 18.9. The Hall–Kier alpha value is -2.89. The molecule has 27 heavy (non-hydrogen) atoms. The van der Waals surface area contributed by atoms with Crippen molar-refractivity contribution in [1.82, 2.24) is 20.1 Å². The minimum Gasteiger partial charge on any atom is -0.335 e. The van der Waals surface area contributed by atoms with Gasteiger partial charge in [-0.15, -0.1) is 0 Å². The summed E-state index contributed by atoms with van der Waals surface area (Å²) >= 11 is 0. The van der Waals surface area contributed by atoms with E-state index in [-0.39, 0.29) is 18.0 Å². The topological polar surface area (TPSA) is 65.5 Å². The first-order valence-electron chi connectivity index (χ1n) is 9.41. The van der Waals surface area contributed by atoms with Crippen molar-refractivity contribution in [1.29, 1.82) is 0 Å². The molecule has 1 aromatic heterocycles. The molecule has 142 valence electrons. The molecule has 3 rings (SSSR count). The number of pyridine rings is 1. The average Bonchev–Trinajstić information content (AvgIpc) is 2.72. The fourth-order valence-corrected chi connectivity index (χ4v) is 3.26. The quantitative estimate of drug-likeness (QED) is 0.905. The second-order valence-electron chi connectivity index (χ2n) is 6.76. The van der Waals surface area contributed by atoms with Gasteiger partial charge in [-0.1, -0.05) is 31.2 Å². The zero-order chi connectivity index (χ0) is 19.2. The number of aryl methyl sites for hydroxylation is 1. The van der Waals surface area contributed by atoms with Gasteiger partial charge in [-0.3, -0.25) is 9.78 Å². The third-order valence-corrected chi connectivity index (χ3v) is 4.85. The zero-order valence-corrected chi connectivity index (χ0v) is 15.9. The Morgan fingerprint density at radius 1 is 1.00 bits per heavy atom. The lowest BCUT2D eigenvalue weighted by atomic mass is 10.1. The van der Waals surface area contributed by atoms with Gasteiger partial charge in [0.05, 0.1) is 11.7 Å². The highest BCUT2D eigenvalue weighted by atomic mass is 16.2. The summed E-state index contributed by atoms with van der Waals surface area (Å²) in [5.74, 6) is 0.0195. The molecule has 0 radical (unpaired) electrons. The van der Waals surface area contributed by atoms with Gasteiger partial charge in [0.25, 0.3) is 5.91 Å². The third kappa shape index (κ3) is 4.64. The smallest absolute Gasteiger partial charge is 0.318 e. The van der Waals surface area contributed by atoms with Crippen molar-refractivity contribution < 1.29 is 9.59 Å². The van der Waals surface area contributed by atoms with Crippen molar-refractivity contribution in [3.05, 3.63) is 65.5 Å². The molecular weight excluding hydrogens is 340 g/mol. The number of nitrogens with zero attached hydrogens (tertiary/aromatic N) is 3. The average molecular weight is 366 g/mol.